The zero-order valence-corrected chi connectivity index (χ0v) is 10.3. The molecule has 3 N–H and O–H groups in total. The van der Waals surface area contributed by atoms with Gasteiger partial charge < -0.3 is 15.5 Å². The molecule has 0 fully saturated rings. The second-order valence-electron chi connectivity index (χ2n) is 3.78. The molecule has 0 aliphatic carbocycles. The second-order valence-corrected chi connectivity index (χ2v) is 4.22. The predicted octanol–water partition coefficient (Wildman–Crippen LogP) is 3.14. The highest BCUT2D eigenvalue weighted by molar-refractivity contribution is 6.30. The molecular formula is C13H9ClFNO3. The Kier molecular flexibility index (Phi) is 3.57. The van der Waals surface area contributed by atoms with E-state index in [1.165, 1.54) is 24.3 Å². The Balaban J connectivity index is 2.28. The number of carbonyl (C=O) groups excluding carboxylic acids is 1. The minimum Gasteiger partial charge on any atom is -0.508 e. The number of nitrogens with one attached hydrogen (secondary N) is 1. The van der Waals surface area contributed by atoms with E-state index in [1.807, 2.05) is 0 Å². The fourth-order valence-electron chi connectivity index (χ4n) is 1.49. The lowest BCUT2D eigenvalue weighted by atomic mass is 10.1. The molecule has 2 aromatic rings. The van der Waals surface area contributed by atoms with E-state index in [4.69, 9.17) is 11.6 Å². The standard InChI is InChI=1S/C13H9ClFNO3/c14-7-1-3-11(10(15)5-7)16-13(19)9-6-8(17)2-4-12(9)18/h1-6,17-18H,(H,16,19). The van der Waals surface area contributed by atoms with E-state index in [0.717, 1.165) is 12.1 Å². The summed E-state index contributed by atoms with van der Waals surface area (Å²) in [7, 11) is 0. The fourth-order valence-corrected chi connectivity index (χ4v) is 1.65. The van der Waals surface area contributed by atoms with Gasteiger partial charge in [0.15, 0.2) is 0 Å². The number of benzene rings is 2. The number of anilines is 1. The van der Waals surface area contributed by atoms with Crippen molar-refractivity contribution >= 4 is 23.2 Å². The molecule has 0 atom stereocenters. The topological polar surface area (TPSA) is 69.6 Å². The van der Waals surface area contributed by atoms with E-state index in [2.05, 4.69) is 5.32 Å². The van der Waals surface area contributed by atoms with Gasteiger partial charge in [-0.25, -0.2) is 4.39 Å². The van der Waals surface area contributed by atoms with E-state index in [-0.39, 0.29) is 27.8 Å². The van der Waals surface area contributed by atoms with Crippen LogP contribution < -0.4 is 5.32 Å². The van der Waals surface area contributed by atoms with Crippen molar-refractivity contribution in [1.82, 2.24) is 0 Å². The van der Waals surface area contributed by atoms with Crippen molar-refractivity contribution < 1.29 is 19.4 Å². The summed E-state index contributed by atoms with van der Waals surface area (Å²) in [6.45, 7) is 0. The van der Waals surface area contributed by atoms with Crippen molar-refractivity contribution in [2.24, 2.45) is 0 Å². The first kappa shape index (κ1) is 13.2. The van der Waals surface area contributed by atoms with Crippen LogP contribution in [0.15, 0.2) is 36.4 Å². The smallest absolute Gasteiger partial charge is 0.259 e. The fraction of sp³-hybridized carbons (Fsp3) is 0. The maximum absolute atomic E-state index is 13.5. The lowest BCUT2D eigenvalue weighted by Crippen LogP contribution is -2.13. The monoisotopic (exact) mass is 281 g/mol. The number of rotatable bonds is 2. The van der Waals surface area contributed by atoms with E-state index in [1.54, 1.807) is 0 Å². The number of hydrogen-bond donors (Lipinski definition) is 3. The first-order valence-electron chi connectivity index (χ1n) is 5.26. The number of carbonyl (C=O) groups is 1. The molecule has 0 radical (unpaired) electrons. The normalized spacial score (nSPS) is 10.2. The highest BCUT2D eigenvalue weighted by Gasteiger charge is 2.14. The number of phenolic OH excluding ortho intramolecular Hbond substituents is 2. The lowest BCUT2D eigenvalue weighted by molar-refractivity contribution is 0.102. The quantitative estimate of drug-likeness (QED) is 0.741. The summed E-state index contributed by atoms with van der Waals surface area (Å²) in [5, 5.41) is 21.3. The molecule has 0 heterocycles. The third-order valence-corrected chi connectivity index (χ3v) is 2.64. The van der Waals surface area contributed by atoms with Gasteiger partial charge in [0.1, 0.15) is 17.3 Å². The van der Waals surface area contributed by atoms with Crippen molar-refractivity contribution in [2.75, 3.05) is 5.32 Å². The van der Waals surface area contributed by atoms with E-state index < -0.39 is 11.7 Å². The van der Waals surface area contributed by atoms with Gasteiger partial charge in [-0.1, -0.05) is 11.6 Å². The number of hydrogen-bond acceptors (Lipinski definition) is 3. The molecule has 0 aliphatic heterocycles. The lowest BCUT2D eigenvalue weighted by Gasteiger charge is -2.08. The number of halogens is 2. The van der Waals surface area contributed by atoms with Crippen LogP contribution in [-0.4, -0.2) is 16.1 Å². The van der Waals surface area contributed by atoms with Crippen LogP contribution in [0.1, 0.15) is 10.4 Å². The highest BCUT2D eigenvalue weighted by Crippen LogP contribution is 2.24. The van der Waals surface area contributed by atoms with Gasteiger partial charge in [0.25, 0.3) is 5.91 Å². The Morgan fingerprint density at radius 1 is 1.16 bits per heavy atom. The van der Waals surface area contributed by atoms with Gasteiger partial charge in [0.2, 0.25) is 0 Å². The molecule has 0 spiro atoms. The van der Waals surface area contributed by atoms with Gasteiger partial charge in [0.05, 0.1) is 11.3 Å². The Hall–Kier alpha value is -2.27. The molecule has 0 aromatic heterocycles. The number of aromatic hydroxyl groups is 2. The van der Waals surface area contributed by atoms with Gasteiger partial charge in [-0.3, -0.25) is 4.79 Å². The zero-order chi connectivity index (χ0) is 14.0. The molecule has 1 amide bonds. The summed E-state index contributed by atoms with van der Waals surface area (Å²) < 4.78 is 13.5. The van der Waals surface area contributed by atoms with Crippen LogP contribution in [-0.2, 0) is 0 Å². The summed E-state index contributed by atoms with van der Waals surface area (Å²) >= 11 is 5.59. The zero-order valence-electron chi connectivity index (χ0n) is 9.52. The third kappa shape index (κ3) is 2.95. The van der Waals surface area contributed by atoms with E-state index >= 15 is 0 Å². The van der Waals surface area contributed by atoms with Gasteiger partial charge >= 0.3 is 0 Å². The van der Waals surface area contributed by atoms with Crippen molar-refractivity contribution in [2.45, 2.75) is 0 Å². The second kappa shape index (κ2) is 5.16. The molecule has 0 bridgehead atoms. The summed E-state index contributed by atoms with van der Waals surface area (Å²) in [5.74, 6) is -1.93. The molecule has 0 saturated heterocycles. The summed E-state index contributed by atoms with van der Waals surface area (Å²) in [5.41, 5.74) is -0.230. The van der Waals surface area contributed by atoms with Crippen molar-refractivity contribution in [3.8, 4) is 11.5 Å². The minimum atomic E-state index is -0.741. The maximum Gasteiger partial charge on any atom is 0.259 e. The van der Waals surface area contributed by atoms with Crippen LogP contribution in [0.4, 0.5) is 10.1 Å². The van der Waals surface area contributed by atoms with Crippen LogP contribution >= 0.6 is 11.6 Å². The molecule has 2 rings (SSSR count). The Bertz CT molecular complexity index is 646. The molecule has 19 heavy (non-hydrogen) atoms. The predicted molar refractivity (Wildman–Crippen MR) is 69.1 cm³/mol. The molecule has 0 unspecified atom stereocenters. The SMILES string of the molecule is O=C(Nc1ccc(Cl)cc1F)c1cc(O)ccc1O. The van der Waals surface area contributed by atoms with Gasteiger partial charge in [0, 0.05) is 5.02 Å². The Morgan fingerprint density at radius 2 is 1.89 bits per heavy atom. The van der Waals surface area contributed by atoms with E-state index in [0.29, 0.717) is 0 Å². The Morgan fingerprint density at radius 3 is 2.58 bits per heavy atom. The van der Waals surface area contributed by atoms with Crippen LogP contribution in [0.3, 0.4) is 0 Å². The Labute approximate surface area is 113 Å². The van der Waals surface area contributed by atoms with Crippen LogP contribution in [0.2, 0.25) is 5.02 Å². The minimum absolute atomic E-state index is 0.0721. The van der Waals surface area contributed by atoms with Gasteiger partial charge in [-0.15, -0.1) is 0 Å². The molecular weight excluding hydrogens is 273 g/mol. The van der Waals surface area contributed by atoms with Crippen LogP contribution in [0, 0.1) is 5.82 Å². The molecule has 6 heteroatoms. The molecule has 4 nitrogen and oxygen atoms in total. The molecule has 2 aromatic carbocycles. The van der Waals surface area contributed by atoms with Crippen LogP contribution in [0.25, 0.3) is 0 Å². The molecule has 98 valence electrons. The first-order valence-corrected chi connectivity index (χ1v) is 5.63. The highest BCUT2D eigenvalue weighted by atomic mass is 35.5. The third-order valence-electron chi connectivity index (χ3n) is 2.40. The summed E-state index contributed by atoms with van der Waals surface area (Å²) in [6, 6.07) is 7.26. The number of amides is 1. The van der Waals surface area contributed by atoms with Crippen LogP contribution in [0.5, 0.6) is 11.5 Å². The van der Waals surface area contributed by atoms with Crippen molar-refractivity contribution in [3.05, 3.63) is 52.8 Å². The van der Waals surface area contributed by atoms with Crippen molar-refractivity contribution in [3.63, 3.8) is 0 Å². The molecule has 0 aliphatic rings. The molecule has 0 saturated carbocycles. The maximum atomic E-state index is 13.5. The summed E-state index contributed by atoms with van der Waals surface area (Å²) in [6.07, 6.45) is 0. The van der Waals surface area contributed by atoms with Gasteiger partial charge in [-0.05, 0) is 36.4 Å². The first-order chi connectivity index (χ1) is 8.97. The van der Waals surface area contributed by atoms with Gasteiger partial charge in [-0.2, -0.15) is 0 Å². The largest absolute Gasteiger partial charge is 0.508 e. The average molecular weight is 282 g/mol. The van der Waals surface area contributed by atoms with Crippen molar-refractivity contribution in [1.29, 1.82) is 0 Å². The summed E-state index contributed by atoms with van der Waals surface area (Å²) in [4.78, 5) is 11.8. The average Bonchev–Trinajstić information content (AvgIpc) is 2.35. The van der Waals surface area contributed by atoms with E-state index in [9.17, 15) is 19.4 Å². The number of phenols is 2.